The second-order valence-corrected chi connectivity index (χ2v) is 7.77. The molecular formula is C21H24F4N4O3. The van der Waals surface area contributed by atoms with E-state index in [1.165, 1.54) is 4.90 Å². The summed E-state index contributed by atoms with van der Waals surface area (Å²) < 4.78 is 52.1. The summed E-state index contributed by atoms with van der Waals surface area (Å²) in [4.78, 5) is 22.9. The Hall–Kier alpha value is -2.79. The third-order valence-electron chi connectivity index (χ3n) is 5.41. The summed E-state index contributed by atoms with van der Waals surface area (Å²) in [5, 5.41) is 21.1. The number of nitrogens with one attached hydrogen (secondary N) is 1. The van der Waals surface area contributed by atoms with Crippen molar-refractivity contribution in [1.82, 2.24) is 20.2 Å². The number of aliphatic hydroxyl groups excluding tert-OH is 2. The van der Waals surface area contributed by atoms with Crippen molar-refractivity contribution in [1.29, 1.82) is 0 Å². The van der Waals surface area contributed by atoms with Crippen molar-refractivity contribution in [3.05, 3.63) is 58.4 Å². The van der Waals surface area contributed by atoms with Crippen LogP contribution in [0.25, 0.3) is 0 Å². The van der Waals surface area contributed by atoms with Crippen molar-refractivity contribution in [3.63, 3.8) is 0 Å². The highest BCUT2D eigenvalue weighted by Crippen LogP contribution is 2.32. The van der Waals surface area contributed by atoms with Crippen molar-refractivity contribution in [2.45, 2.75) is 38.5 Å². The molecule has 0 radical (unpaired) electrons. The average Bonchev–Trinajstić information content (AvgIpc) is 2.75. The zero-order chi connectivity index (χ0) is 23.5. The minimum absolute atomic E-state index is 0.200. The molecule has 3 N–H and O–H groups in total. The molecule has 0 saturated carbocycles. The largest absolute Gasteiger partial charge is 0.419 e. The fraction of sp³-hybridized carbons (Fsp3) is 0.476. The first-order valence-electron chi connectivity index (χ1n) is 10.1. The van der Waals surface area contributed by atoms with Crippen LogP contribution in [-0.2, 0) is 25.6 Å². The minimum Gasteiger partial charge on any atom is -0.396 e. The third kappa shape index (κ3) is 5.52. The van der Waals surface area contributed by atoms with Gasteiger partial charge in [0.1, 0.15) is 11.6 Å². The molecule has 1 atom stereocenters. The van der Waals surface area contributed by atoms with E-state index in [0.29, 0.717) is 37.0 Å². The van der Waals surface area contributed by atoms with Crippen LogP contribution in [0.5, 0.6) is 0 Å². The molecule has 1 aliphatic rings. The van der Waals surface area contributed by atoms with E-state index in [2.05, 4.69) is 15.3 Å². The Labute approximate surface area is 182 Å². The molecule has 174 valence electrons. The van der Waals surface area contributed by atoms with Crippen LogP contribution in [0.15, 0.2) is 24.4 Å². The molecule has 1 aromatic heterocycles. The fourth-order valence-electron chi connectivity index (χ4n) is 3.45. The molecule has 0 saturated heterocycles. The number of benzene rings is 1. The van der Waals surface area contributed by atoms with Crippen LogP contribution >= 0.6 is 0 Å². The predicted octanol–water partition coefficient (Wildman–Crippen LogP) is 2.61. The number of carbonyl (C=O) groups is 1. The molecule has 0 fully saturated rings. The normalized spacial score (nSPS) is 14.9. The summed E-state index contributed by atoms with van der Waals surface area (Å²) in [7, 11) is 0. The molecule has 7 nitrogen and oxygen atoms in total. The number of urea groups is 1. The van der Waals surface area contributed by atoms with Gasteiger partial charge in [-0.3, -0.25) is 0 Å². The molecule has 0 bridgehead atoms. The van der Waals surface area contributed by atoms with Crippen LogP contribution < -0.4 is 5.32 Å². The number of alkyl halides is 3. The Morgan fingerprint density at radius 3 is 2.62 bits per heavy atom. The SMILES string of the molecule is C[C@@H](NC(=O)N1CCc2cnc(CC(CO)CO)nc2C1)c1ccc(C(F)(F)F)c(F)c1. The van der Waals surface area contributed by atoms with E-state index in [1.807, 2.05) is 0 Å². The number of rotatable bonds is 6. The van der Waals surface area contributed by atoms with Crippen LogP contribution in [0.1, 0.15) is 41.2 Å². The highest BCUT2D eigenvalue weighted by molar-refractivity contribution is 5.75. The smallest absolute Gasteiger partial charge is 0.396 e. The molecule has 0 aliphatic carbocycles. The van der Waals surface area contributed by atoms with Gasteiger partial charge in [-0.25, -0.2) is 19.2 Å². The number of amides is 2. The average molecular weight is 456 g/mol. The van der Waals surface area contributed by atoms with Crippen molar-refractivity contribution in [2.24, 2.45) is 5.92 Å². The Morgan fingerprint density at radius 2 is 2.00 bits per heavy atom. The number of aromatic nitrogens is 2. The quantitative estimate of drug-likeness (QED) is 0.581. The second kappa shape index (κ2) is 9.78. The number of carbonyl (C=O) groups excluding carboxylic acids is 1. The van der Waals surface area contributed by atoms with Crippen molar-refractivity contribution >= 4 is 6.03 Å². The van der Waals surface area contributed by atoms with Gasteiger partial charge in [-0.15, -0.1) is 0 Å². The summed E-state index contributed by atoms with van der Waals surface area (Å²) in [6.45, 7) is 1.75. The first-order chi connectivity index (χ1) is 15.1. The number of fused-ring (bicyclic) bond motifs is 1. The lowest BCUT2D eigenvalue weighted by Crippen LogP contribution is -2.44. The molecule has 2 amide bonds. The Balaban J connectivity index is 1.66. The predicted molar refractivity (Wildman–Crippen MR) is 106 cm³/mol. The Morgan fingerprint density at radius 1 is 1.28 bits per heavy atom. The van der Waals surface area contributed by atoms with Gasteiger partial charge >= 0.3 is 12.2 Å². The lowest BCUT2D eigenvalue weighted by atomic mass is 10.0. The van der Waals surface area contributed by atoms with Gasteiger partial charge in [0.05, 0.1) is 23.8 Å². The molecular weight excluding hydrogens is 432 g/mol. The molecule has 3 rings (SSSR count). The molecule has 2 heterocycles. The van der Waals surface area contributed by atoms with Gasteiger partial charge in [-0.05, 0) is 36.6 Å². The van der Waals surface area contributed by atoms with Gasteiger partial charge in [-0.1, -0.05) is 6.07 Å². The first-order valence-corrected chi connectivity index (χ1v) is 10.1. The summed E-state index contributed by atoms with van der Waals surface area (Å²) in [5.41, 5.74) is 0.400. The van der Waals surface area contributed by atoms with E-state index in [0.717, 1.165) is 17.7 Å². The fourth-order valence-corrected chi connectivity index (χ4v) is 3.45. The topological polar surface area (TPSA) is 98.6 Å². The second-order valence-electron chi connectivity index (χ2n) is 7.77. The monoisotopic (exact) mass is 456 g/mol. The molecule has 11 heteroatoms. The maximum absolute atomic E-state index is 13.9. The van der Waals surface area contributed by atoms with Crippen LogP contribution in [0.4, 0.5) is 22.4 Å². The van der Waals surface area contributed by atoms with E-state index in [1.54, 1.807) is 13.1 Å². The lowest BCUT2D eigenvalue weighted by Gasteiger charge is -2.29. The van der Waals surface area contributed by atoms with Gasteiger partial charge in [0.25, 0.3) is 0 Å². The molecule has 2 aromatic rings. The van der Waals surface area contributed by atoms with E-state index in [-0.39, 0.29) is 31.2 Å². The van der Waals surface area contributed by atoms with Gasteiger partial charge in [0.2, 0.25) is 0 Å². The summed E-state index contributed by atoms with van der Waals surface area (Å²) >= 11 is 0. The lowest BCUT2D eigenvalue weighted by molar-refractivity contribution is -0.140. The van der Waals surface area contributed by atoms with Gasteiger partial charge < -0.3 is 20.4 Å². The molecule has 1 aromatic carbocycles. The number of nitrogens with zero attached hydrogens (tertiary/aromatic N) is 3. The zero-order valence-corrected chi connectivity index (χ0v) is 17.4. The van der Waals surface area contributed by atoms with Crippen LogP contribution in [0.3, 0.4) is 0 Å². The van der Waals surface area contributed by atoms with Crippen LogP contribution in [-0.4, -0.2) is 50.9 Å². The van der Waals surface area contributed by atoms with Crippen molar-refractivity contribution in [2.75, 3.05) is 19.8 Å². The zero-order valence-electron chi connectivity index (χ0n) is 17.4. The van der Waals surface area contributed by atoms with Gasteiger partial charge in [-0.2, -0.15) is 13.2 Å². The summed E-state index contributed by atoms with van der Waals surface area (Å²) in [6, 6.07) is 1.41. The van der Waals surface area contributed by atoms with Crippen LogP contribution in [0.2, 0.25) is 0 Å². The highest BCUT2D eigenvalue weighted by atomic mass is 19.4. The summed E-state index contributed by atoms with van der Waals surface area (Å²) in [6.07, 6.45) is -2.30. The number of hydrogen-bond acceptors (Lipinski definition) is 5. The summed E-state index contributed by atoms with van der Waals surface area (Å²) in [5.74, 6) is -1.31. The van der Waals surface area contributed by atoms with E-state index in [9.17, 15) is 32.6 Å². The van der Waals surface area contributed by atoms with E-state index in [4.69, 9.17) is 0 Å². The number of aliphatic hydroxyl groups is 2. The molecule has 0 unspecified atom stereocenters. The number of halogens is 4. The Kier molecular flexibility index (Phi) is 7.29. The maximum Gasteiger partial charge on any atom is 0.419 e. The Bertz CT molecular complexity index is 967. The van der Waals surface area contributed by atoms with Gasteiger partial charge in [0, 0.05) is 38.3 Å². The third-order valence-corrected chi connectivity index (χ3v) is 5.41. The van der Waals surface area contributed by atoms with Gasteiger partial charge in [0.15, 0.2) is 0 Å². The van der Waals surface area contributed by atoms with E-state index >= 15 is 0 Å². The minimum atomic E-state index is -4.79. The highest BCUT2D eigenvalue weighted by Gasteiger charge is 2.34. The molecule has 0 spiro atoms. The standard InChI is InChI=1S/C21H24F4N4O3/c1-12(14-2-3-16(17(22)7-14)21(23,24)25)27-20(32)29-5-4-15-8-26-19(28-18(15)9-29)6-13(10-30)11-31/h2-3,7-8,12-13,30-31H,4-6,9-11H2,1H3,(H,27,32)/t12-/m1/s1. The van der Waals surface area contributed by atoms with Crippen LogP contribution in [0, 0.1) is 11.7 Å². The van der Waals surface area contributed by atoms with Crippen molar-refractivity contribution in [3.8, 4) is 0 Å². The van der Waals surface area contributed by atoms with Crippen molar-refractivity contribution < 1.29 is 32.6 Å². The molecule has 1 aliphatic heterocycles. The maximum atomic E-state index is 13.9. The van der Waals surface area contributed by atoms with E-state index < -0.39 is 29.6 Å². The first kappa shape index (κ1) is 23.9. The number of hydrogen-bond donors (Lipinski definition) is 3. The molecule has 32 heavy (non-hydrogen) atoms.